The Balaban J connectivity index is 2.35. The van der Waals surface area contributed by atoms with Gasteiger partial charge in [-0.05, 0) is 48.9 Å². The lowest BCUT2D eigenvalue weighted by Crippen LogP contribution is -2.47. The van der Waals surface area contributed by atoms with Crippen LogP contribution in [-0.4, -0.2) is 33.7 Å². The molecule has 0 spiro atoms. The number of sulfonamides is 1. The highest BCUT2D eigenvalue weighted by atomic mass is 35.5. The summed E-state index contributed by atoms with van der Waals surface area (Å²) >= 11 is 5.73. The summed E-state index contributed by atoms with van der Waals surface area (Å²) in [7, 11) is -2.26. The van der Waals surface area contributed by atoms with Gasteiger partial charge in [0.2, 0.25) is 15.9 Å². The Bertz CT molecular complexity index is 919. The monoisotopic (exact) mass is 414 g/mol. The molecule has 0 aromatic heterocycles. The van der Waals surface area contributed by atoms with E-state index in [-0.39, 0.29) is 17.1 Å². The van der Waals surface area contributed by atoms with E-state index in [1.165, 1.54) is 19.2 Å². The van der Waals surface area contributed by atoms with Crippen molar-refractivity contribution in [1.82, 2.24) is 0 Å². The summed E-state index contributed by atoms with van der Waals surface area (Å²) < 4.78 is 44.2. The van der Waals surface area contributed by atoms with Crippen molar-refractivity contribution in [2.75, 3.05) is 23.0 Å². The highest BCUT2D eigenvalue weighted by Gasteiger charge is 2.31. The maximum absolute atomic E-state index is 13.3. The lowest BCUT2D eigenvalue weighted by molar-refractivity contribution is -0.117. The van der Waals surface area contributed by atoms with Crippen LogP contribution in [0.4, 0.5) is 15.8 Å². The quantitative estimate of drug-likeness (QED) is 0.750. The van der Waals surface area contributed by atoms with Crippen molar-refractivity contribution < 1.29 is 22.3 Å². The minimum atomic E-state index is -3.76. The first-order chi connectivity index (χ1) is 12.7. The molecule has 0 saturated heterocycles. The summed E-state index contributed by atoms with van der Waals surface area (Å²) in [6.07, 6.45) is 1.25. The molecule has 6 nitrogen and oxygen atoms in total. The predicted octanol–water partition coefficient (Wildman–Crippen LogP) is 3.67. The van der Waals surface area contributed by atoms with Crippen LogP contribution in [0.5, 0.6) is 5.75 Å². The molecule has 0 radical (unpaired) electrons. The van der Waals surface area contributed by atoms with E-state index in [1.807, 2.05) is 0 Å². The van der Waals surface area contributed by atoms with E-state index < -0.39 is 27.8 Å². The molecule has 2 aromatic carbocycles. The standard InChI is InChI=1S/C18H20ClFN2O4S/c1-4-17(18(23)21-12-5-10-16(20)15(19)11-12)22(27(3,24)25)13-6-8-14(26-2)9-7-13/h5-11,17H,4H2,1-3H3,(H,21,23)/t17-/m0/s1. The number of methoxy groups -OCH3 is 1. The first kappa shape index (κ1) is 21.0. The van der Waals surface area contributed by atoms with E-state index in [4.69, 9.17) is 16.3 Å². The summed E-state index contributed by atoms with van der Waals surface area (Å²) in [5.74, 6) is -0.607. The second-order valence-electron chi connectivity index (χ2n) is 5.80. The summed E-state index contributed by atoms with van der Waals surface area (Å²) in [6.45, 7) is 1.70. The van der Waals surface area contributed by atoms with Gasteiger partial charge >= 0.3 is 0 Å². The second kappa shape index (κ2) is 8.58. The average Bonchev–Trinajstić information content (AvgIpc) is 2.61. The molecule has 0 bridgehead atoms. The summed E-state index contributed by atoms with van der Waals surface area (Å²) in [6, 6.07) is 9.07. The second-order valence-corrected chi connectivity index (χ2v) is 8.07. The number of nitrogens with zero attached hydrogens (tertiary/aromatic N) is 1. The van der Waals surface area contributed by atoms with Crippen LogP contribution in [0.25, 0.3) is 0 Å². The molecule has 9 heteroatoms. The minimum absolute atomic E-state index is 0.143. The number of halogens is 2. The fourth-order valence-corrected chi connectivity index (χ4v) is 3.98. The van der Waals surface area contributed by atoms with Gasteiger partial charge in [0, 0.05) is 5.69 Å². The maximum Gasteiger partial charge on any atom is 0.248 e. The number of rotatable bonds is 7. The Morgan fingerprint density at radius 1 is 1.26 bits per heavy atom. The molecule has 1 amide bonds. The minimum Gasteiger partial charge on any atom is -0.497 e. The summed E-state index contributed by atoms with van der Waals surface area (Å²) in [5, 5.41) is 2.44. The third-order valence-corrected chi connectivity index (χ3v) is 5.31. The van der Waals surface area contributed by atoms with Gasteiger partial charge in [-0.2, -0.15) is 0 Å². The largest absolute Gasteiger partial charge is 0.497 e. The van der Waals surface area contributed by atoms with Crippen molar-refractivity contribution in [3.63, 3.8) is 0 Å². The van der Waals surface area contributed by atoms with E-state index >= 15 is 0 Å². The van der Waals surface area contributed by atoms with E-state index in [0.29, 0.717) is 11.4 Å². The van der Waals surface area contributed by atoms with E-state index in [1.54, 1.807) is 31.2 Å². The zero-order valence-corrected chi connectivity index (χ0v) is 16.6. The molecule has 0 aliphatic heterocycles. The maximum atomic E-state index is 13.3. The number of anilines is 2. The van der Waals surface area contributed by atoms with Gasteiger partial charge in [-0.15, -0.1) is 0 Å². The molecule has 0 saturated carbocycles. The molecule has 1 N–H and O–H groups in total. The molecule has 0 aliphatic carbocycles. The lowest BCUT2D eigenvalue weighted by atomic mass is 10.1. The van der Waals surface area contributed by atoms with Gasteiger partial charge in [-0.3, -0.25) is 9.10 Å². The molecule has 27 heavy (non-hydrogen) atoms. The molecule has 146 valence electrons. The molecular weight excluding hydrogens is 395 g/mol. The van der Waals surface area contributed by atoms with Crippen molar-refractivity contribution >= 4 is 38.9 Å². The zero-order valence-electron chi connectivity index (χ0n) is 15.1. The van der Waals surface area contributed by atoms with Crippen LogP contribution in [0.3, 0.4) is 0 Å². The van der Waals surface area contributed by atoms with Crippen LogP contribution in [0.2, 0.25) is 5.02 Å². The molecule has 0 heterocycles. The first-order valence-corrected chi connectivity index (χ1v) is 10.3. The molecule has 0 unspecified atom stereocenters. The van der Waals surface area contributed by atoms with Gasteiger partial charge in [0.1, 0.15) is 17.6 Å². The molecular formula is C18H20ClFN2O4S. The Morgan fingerprint density at radius 2 is 1.89 bits per heavy atom. The molecule has 2 aromatic rings. The normalized spacial score (nSPS) is 12.3. The van der Waals surface area contributed by atoms with Gasteiger partial charge in [0.25, 0.3) is 0 Å². The fourth-order valence-electron chi connectivity index (χ4n) is 2.59. The SMILES string of the molecule is CC[C@@H](C(=O)Nc1ccc(F)c(Cl)c1)N(c1ccc(OC)cc1)S(C)(=O)=O. The number of hydrogen-bond acceptors (Lipinski definition) is 4. The van der Waals surface area contributed by atoms with Crippen molar-refractivity contribution in [2.24, 2.45) is 0 Å². The molecule has 2 rings (SSSR count). The van der Waals surface area contributed by atoms with Crippen LogP contribution < -0.4 is 14.4 Å². The van der Waals surface area contributed by atoms with Gasteiger partial charge < -0.3 is 10.1 Å². The average molecular weight is 415 g/mol. The van der Waals surface area contributed by atoms with Crippen molar-refractivity contribution in [3.05, 3.63) is 53.3 Å². The number of amides is 1. The fraction of sp³-hybridized carbons (Fsp3) is 0.278. The Morgan fingerprint density at radius 3 is 2.37 bits per heavy atom. The van der Waals surface area contributed by atoms with Crippen LogP contribution in [-0.2, 0) is 14.8 Å². The zero-order chi connectivity index (χ0) is 20.2. The van der Waals surface area contributed by atoms with E-state index in [0.717, 1.165) is 16.6 Å². The molecule has 0 aliphatic rings. The first-order valence-electron chi connectivity index (χ1n) is 8.06. The number of carbonyl (C=O) groups is 1. The topological polar surface area (TPSA) is 75.7 Å². The molecule has 0 fully saturated rings. The Labute approximate surface area is 162 Å². The summed E-state index contributed by atoms with van der Waals surface area (Å²) in [4.78, 5) is 12.7. The van der Waals surface area contributed by atoms with Crippen LogP contribution >= 0.6 is 11.6 Å². The van der Waals surface area contributed by atoms with Gasteiger partial charge in [0.15, 0.2) is 0 Å². The van der Waals surface area contributed by atoms with Crippen molar-refractivity contribution in [3.8, 4) is 5.75 Å². The smallest absolute Gasteiger partial charge is 0.248 e. The number of carbonyl (C=O) groups excluding carboxylic acids is 1. The third-order valence-electron chi connectivity index (χ3n) is 3.84. The number of ether oxygens (including phenoxy) is 1. The highest BCUT2D eigenvalue weighted by Crippen LogP contribution is 2.26. The van der Waals surface area contributed by atoms with Gasteiger partial charge in [-0.25, -0.2) is 12.8 Å². The van der Waals surface area contributed by atoms with Crippen LogP contribution in [0.15, 0.2) is 42.5 Å². The Kier molecular flexibility index (Phi) is 6.67. The van der Waals surface area contributed by atoms with E-state index in [9.17, 15) is 17.6 Å². The van der Waals surface area contributed by atoms with Crippen LogP contribution in [0.1, 0.15) is 13.3 Å². The van der Waals surface area contributed by atoms with Crippen molar-refractivity contribution in [2.45, 2.75) is 19.4 Å². The van der Waals surface area contributed by atoms with E-state index in [2.05, 4.69) is 5.32 Å². The summed E-state index contributed by atoms with van der Waals surface area (Å²) in [5.41, 5.74) is 0.602. The Hall–Kier alpha value is -2.32. The van der Waals surface area contributed by atoms with Gasteiger partial charge in [0.05, 0.1) is 24.1 Å². The molecule has 1 atom stereocenters. The lowest BCUT2D eigenvalue weighted by Gasteiger charge is -2.30. The highest BCUT2D eigenvalue weighted by molar-refractivity contribution is 7.92. The van der Waals surface area contributed by atoms with Crippen molar-refractivity contribution in [1.29, 1.82) is 0 Å². The van der Waals surface area contributed by atoms with Crippen LogP contribution in [0, 0.1) is 5.82 Å². The third kappa shape index (κ3) is 5.11. The number of hydrogen-bond donors (Lipinski definition) is 1. The predicted molar refractivity (Wildman–Crippen MR) is 104 cm³/mol. The number of benzene rings is 2. The van der Waals surface area contributed by atoms with Gasteiger partial charge in [-0.1, -0.05) is 18.5 Å². The number of nitrogens with one attached hydrogen (secondary N) is 1.